The van der Waals surface area contributed by atoms with Crippen LogP contribution in [0.1, 0.15) is 5.56 Å². The predicted molar refractivity (Wildman–Crippen MR) is 110 cm³/mol. The number of hydrogen-bond acceptors (Lipinski definition) is 5. The Labute approximate surface area is 171 Å². The lowest BCUT2D eigenvalue weighted by atomic mass is 10.1. The number of aliphatic hydroxyl groups excluding tert-OH is 1. The van der Waals surface area contributed by atoms with Crippen LogP contribution in [-0.2, 0) is 11.2 Å². The average molecular weight is 406 g/mol. The molecule has 2 N–H and O–H groups in total. The number of halogens is 1. The number of anilines is 1. The van der Waals surface area contributed by atoms with Gasteiger partial charge in [-0.2, -0.15) is 0 Å². The number of amides is 1. The van der Waals surface area contributed by atoms with Gasteiger partial charge in [-0.05, 0) is 60.5 Å². The fourth-order valence-electron chi connectivity index (χ4n) is 2.97. The van der Waals surface area contributed by atoms with E-state index in [1.54, 1.807) is 6.07 Å². The van der Waals surface area contributed by atoms with Crippen molar-refractivity contribution >= 4 is 22.6 Å². The summed E-state index contributed by atoms with van der Waals surface area (Å²) < 4.78 is 18.7. The number of rotatable bonds is 7. The third-order valence-corrected chi connectivity index (χ3v) is 4.41. The van der Waals surface area contributed by atoms with Crippen LogP contribution in [-0.4, -0.2) is 39.2 Å². The minimum Gasteiger partial charge on any atom is -0.481 e. The van der Waals surface area contributed by atoms with Gasteiger partial charge in [0.25, 0.3) is 5.91 Å². The fourth-order valence-corrected chi connectivity index (χ4v) is 2.97. The maximum absolute atomic E-state index is 13.0. The molecule has 0 spiro atoms. The molecule has 1 amide bonds. The molecule has 0 aliphatic heterocycles. The Bertz CT molecular complexity index is 1140. The molecule has 0 unspecified atom stereocenters. The molecule has 0 atom stereocenters. The second kappa shape index (κ2) is 8.71. The highest BCUT2D eigenvalue weighted by Crippen LogP contribution is 2.25. The van der Waals surface area contributed by atoms with Crippen molar-refractivity contribution in [2.75, 3.05) is 18.5 Å². The molecule has 0 fully saturated rings. The van der Waals surface area contributed by atoms with Crippen molar-refractivity contribution in [1.82, 2.24) is 15.0 Å². The van der Waals surface area contributed by atoms with Crippen molar-refractivity contribution < 1.29 is 19.0 Å². The number of fused-ring (bicyclic) bond motifs is 1. The van der Waals surface area contributed by atoms with Gasteiger partial charge >= 0.3 is 0 Å². The topological polar surface area (TPSA) is 89.3 Å². The number of aliphatic hydroxyl groups is 1. The smallest absolute Gasteiger partial charge is 0.262 e. The summed E-state index contributed by atoms with van der Waals surface area (Å²) in [5.41, 5.74) is 3.38. The zero-order chi connectivity index (χ0) is 20.9. The number of hydrogen-bond donors (Lipinski definition) is 2. The summed E-state index contributed by atoms with van der Waals surface area (Å²) in [6.45, 7) is -0.237. The Kier molecular flexibility index (Phi) is 5.67. The molecule has 7 nitrogen and oxygen atoms in total. The first-order valence-electron chi connectivity index (χ1n) is 9.37. The van der Waals surface area contributed by atoms with Gasteiger partial charge in [0.1, 0.15) is 28.3 Å². The van der Waals surface area contributed by atoms with Crippen molar-refractivity contribution in [2.45, 2.75) is 6.42 Å². The van der Waals surface area contributed by atoms with Gasteiger partial charge in [0.05, 0.1) is 0 Å². The normalized spacial score (nSPS) is 10.9. The first kappa shape index (κ1) is 19.5. The van der Waals surface area contributed by atoms with Crippen LogP contribution < -0.4 is 10.1 Å². The summed E-state index contributed by atoms with van der Waals surface area (Å²) in [5, 5.41) is 20.9. The molecule has 0 aliphatic rings. The van der Waals surface area contributed by atoms with E-state index in [4.69, 9.17) is 4.74 Å². The second-order valence-corrected chi connectivity index (χ2v) is 6.60. The Morgan fingerprint density at radius 1 is 1.03 bits per heavy atom. The van der Waals surface area contributed by atoms with E-state index in [0.717, 1.165) is 16.6 Å². The molecule has 30 heavy (non-hydrogen) atoms. The van der Waals surface area contributed by atoms with Gasteiger partial charge in [-0.3, -0.25) is 4.79 Å². The highest BCUT2D eigenvalue weighted by molar-refractivity contribution is 5.91. The van der Waals surface area contributed by atoms with Crippen LogP contribution in [0, 0.1) is 5.82 Å². The van der Waals surface area contributed by atoms with E-state index in [1.807, 2.05) is 36.4 Å². The lowest BCUT2D eigenvalue weighted by molar-refractivity contribution is -0.118. The molecule has 0 radical (unpaired) electrons. The number of carbonyl (C=O) groups is 1. The van der Waals surface area contributed by atoms with E-state index < -0.39 is 0 Å². The van der Waals surface area contributed by atoms with Gasteiger partial charge in [0.2, 0.25) is 0 Å². The van der Waals surface area contributed by atoms with Crippen LogP contribution in [0.5, 0.6) is 5.75 Å². The molecular formula is C22H19FN4O3. The Morgan fingerprint density at radius 2 is 1.73 bits per heavy atom. The van der Waals surface area contributed by atoms with Gasteiger partial charge < -0.3 is 15.2 Å². The van der Waals surface area contributed by atoms with Crippen LogP contribution in [0.4, 0.5) is 10.1 Å². The molecule has 3 aromatic carbocycles. The van der Waals surface area contributed by atoms with Crippen LogP contribution >= 0.6 is 0 Å². The maximum Gasteiger partial charge on any atom is 0.262 e. The first-order valence-corrected chi connectivity index (χ1v) is 9.37. The van der Waals surface area contributed by atoms with Crippen molar-refractivity contribution in [3.8, 4) is 11.4 Å². The Hall–Kier alpha value is -3.78. The Morgan fingerprint density at radius 3 is 2.40 bits per heavy atom. The van der Waals surface area contributed by atoms with E-state index in [-0.39, 0.29) is 24.9 Å². The minimum absolute atomic E-state index is 0.00817. The van der Waals surface area contributed by atoms with Crippen molar-refractivity contribution in [3.63, 3.8) is 0 Å². The standard InChI is InChI=1S/C22H19FN4O3/c23-16-6-8-17(9-7-16)24-22(29)14-30-21-10-5-15(11-12-28)13-20(21)27-25-18-3-1-2-4-19(18)26-27/h1-10,13,28H,11-12,14H2,(H,24,29). The largest absolute Gasteiger partial charge is 0.481 e. The quantitative estimate of drug-likeness (QED) is 0.492. The molecule has 0 saturated heterocycles. The first-order chi connectivity index (χ1) is 14.6. The fraction of sp³-hybridized carbons (Fsp3) is 0.136. The maximum atomic E-state index is 13.0. The van der Waals surface area contributed by atoms with Crippen LogP contribution in [0.25, 0.3) is 16.7 Å². The molecule has 1 aromatic heterocycles. The van der Waals surface area contributed by atoms with E-state index in [1.165, 1.54) is 29.1 Å². The summed E-state index contributed by atoms with van der Waals surface area (Å²) in [4.78, 5) is 13.7. The molecule has 4 rings (SSSR count). The molecule has 4 aromatic rings. The summed E-state index contributed by atoms with van der Waals surface area (Å²) in [5.74, 6) is -0.340. The molecule has 8 heteroatoms. The van der Waals surface area contributed by atoms with E-state index in [9.17, 15) is 14.3 Å². The number of benzene rings is 3. The second-order valence-electron chi connectivity index (χ2n) is 6.60. The number of aromatic nitrogens is 3. The third-order valence-electron chi connectivity index (χ3n) is 4.41. The highest BCUT2D eigenvalue weighted by Gasteiger charge is 2.13. The molecule has 152 valence electrons. The number of carbonyl (C=O) groups excluding carboxylic acids is 1. The predicted octanol–water partition coefficient (Wildman–Crippen LogP) is 3.11. The van der Waals surface area contributed by atoms with Gasteiger partial charge in [-0.15, -0.1) is 15.0 Å². The zero-order valence-electron chi connectivity index (χ0n) is 16.0. The van der Waals surface area contributed by atoms with Crippen LogP contribution in [0.3, 0.4) is 0 Å². The summed E-state index contributed by atoms with van der Waals surface area (Å²) in [6.07, 6.45) is 0.471. The average Bonchev–Trinajstić information content (AvgIpc) is 3.19. The third kappa shape index (κ3) is 4.44. The number of nitrogens with zero attached hydrogens (tertiary/aromatic N) is 3. The monoisotopic (exact) mass is 406 g/mol. The van der Waals surface area contributed by atoms with E-state index >= 15 is 0 Å². The van der Waals surface area contributed by atoms with E-state index in [2.05, 4.69) is 15.5 Å². The van der Waals surface area contributed by atoms with Gasteiger partial charge in [0, 0.05) is 12.3 Å². The molecule has 0 saturated carbocycles. The summed E-state index contributed by atoms with van der Waals surface area (Å²) in [7, 11) is 0. The lowest BCUT2D eigenvalue weighted by Crippen LogP contribution is -2.20. The molecule has 0 bridgehead atoms. The summed E-state index contributed by atoms with van der Waals surface area (Å²) in [6, 6.07) is 18.3. The highest BCUT2D eigenvalue weighted by atomic mass is 19.1. The molecule has 1 heterocycles. The summed E-state index contributed by atoms with van der Waals surface area (Å²) >= 11 is 0. The van der Waals surface area contributed by atoms with Crippen molar-refractivity contribution in [1.29, 1.82) is 0 Å². The van der Waals surface area contributed by atoms with Crippen molar-refractivity contribution in [3.05, 3.63) is 78.1 Å². The van der Waals surface area contributed by atoms with Gasteiger partial charge in [-0.25, -0.2) is 4.39 Å². The van der Waals surface area contributed by atoms with E-state index in [0.29, 0.717) is 23.5 Å². The Balaban J connectivity index is 1.56. The number of ether oxygens (including phenoxy) is 1. The SMILES string of the molecule is O=C(COc1ccc(CCO)cc1-n1nc2ccccc2n1)Nc1ccc(F)cc1. The van der Waals surface area contributed by atoms with Gasteiger partial charge in [-0.1, -0.05) is 18.2 Å². The van der Waals surface area contributed by atoms with Crippen LogP contribution in [0.15, 0.2) is 66.7 Å². The lowest BCUT2D eigenvalue weighted by Gasteiger charge is -2.12. The molecular weight excluding hydrogens is 387 g/mol. The van der Waals surface area contributed by atoms with Crippen molar-refractivity contribution in [2.24, 2.45) is 0 Å². The van der Waals surface area contributed by atoms with Crippen LogP contribution in [0.2, 0.25) is 0 Å². The molecule has 0 aliphatic carbocycles. The number of nitrogens with one attached hydrogen (secondary N) is 1. The van der Waals surface area contributed by atoms with Gasteiger partial charge in [0.15, 0.2) is 6.61 Å². The zero-order valence-corrected chi connectivity index (χ0v) is 16.0. The minimum atomic E-state index is -0.384.